The van der Waals surface area contributed by atoms with Crippen molar-refractivity contribution in [1.29, 1.82) is 0 Å². The van der Waals surface area contributed by atoms with Gasteiger partial charge < -0.3 is 94.3 Å². The molecule has 1 aromatic carbocycles. The number of Topliss-reactive ketones (excluding diaryl/α,β-unsaturated/α-hetero) is 1. The number of phenols is 1. The van der Waals surface area contributed by atoms with E-state index in [9.17, 15) is 92.3 Å². The molecular formula is C57H84N14O20. The van der Waals surface area contributed by atoms with Gasteiger partial charge in [0.25, 0.3) is 5.91 Å². The van der Waals surface area contributed by atoms with Crippen molar-refractivity contribution in [3.8, 4) is 5.75 Å². The number of nitrogens with one attached hydrogen (secondary N) is 11. The number of ketones is 1. The summed E-state index contributed by atoms with van der Waals surface area (Å²) in [7, 11) is 0. The van der Waals surface area contributed by atoms with Gasteiger partial charge in [0.15, 0.2) is 0 Å². The molecule has 2 heterocycles. The first-order valence-electron chi connectivity index (χ1n) is 29.4. The number of carbonyl (C=O) groups excluding carboxylic acids is 13. The lowest BCUT2D eigenvalue weighted by Gasteiger charge is -2.33. The first kappa shape index (κ1) is 75.6. The Hall–Kier alpha value is -9.60. The fourth-order valence-corrected chi connectivity index (χ4v) is 9.39. The number of nitrogens with two attached hydrogens (primary N) is 1. The summed E-state index contributed by atoms with van der Waals surface area (Å²) in [5.41, 5.74) is 5.99. The van der Waals surface area contributed by atoms with E-state index in [-0.39, 0.29) is 57.2 Å². The van der Waals surface area contributed by atoms with E-state index < -0.39 is 199 Å². The quantitative estimate of drug-likeness (QED) is 0.0279. The summed E-state index contributed by atoms with van der Waals surface area (Å²) in [4.78, 5) is 205. The van der Waals surface area contributed by atoms with Crippen molar-refractivity contribution in [3.63, 3.8) is 0 Å². The standard InChI is InChI=1S/C57H84N14O20/c1-8-10-34(63-53(87)40-11-9-20-71(40)57(91)45(28(4)5)70-54(88)44(27(2)3)69-50(84)36(17-19-43(79)80)64-49(83)35(62-30(7)74)16-18-42(77)78)47(81)56(90)60-24-41(76)68-46(29(6)73)55(89)66-38(22-32-23-59-26-61-32)52(86)65-37(21-31-12-14-33(75)15-13-31)51(85)67-39(25-72)48(58)82/h12-15,23,26-29,34-40,44-46,72-73,75H,8-11,16-22,24-25H2,1-7H3,(H2,58,82)(H,59,61)(H,60,90)(H,62,74)(H,63,87)(H,64,83)(H,65,86)(H,66,89)(H,67,85)(H,68,76)(H,69,84)(H,70,88)(H,77,78)(H,79,80)/t29?,34-,35-,36-,37-,38-,39-,40?,44-,45-,46-/m0/s1. The Balaban J connectivity index is 1.73. The van der Waals surface area contributed by atoms with E-state index in [0.717, 1.165) is 13.8 Å². The third-order valence-electron chi connectivity index (χ3n) is 14.3. The monoisotopic (exact) mass is 1280 g/mol. The number of benzene rings is 1. The number of imidazole rings is 1. The summed E-state index contributed by atoms with van der Waals surface area (Å²) in [6.45, 7) is 8.27. The highest BCUT2D eigenvalue weighted by Crippen LogP contribution is 2.22. The molecule has 0 spiro atoms. The number of aliphatic carboxylic acids is 2. The fraction of sp³-hybridized carbons (Fsp3) is 0.579. The maximum atomic E-state index is 14.4. The molecule has 11 atom stereocenters. The molecule has 0 saturated carbocycles. The number of H-pyrrole nitrogens is 1. The van der Waals surface area contributed by atoms with E-state index in [1.165, 1.54) is 41.7 Å². The number of carbonyl (C=O) groups is 15. The number of hydrogen-bond acceptors (Lipinski definition) is 19. The average Bonchev–Trinajstić information content (AvgIpc) is 2.37. The maximum Gasteiger partial charge on any atom is 0.303 e. The van der Waals surface area contributed by atoms with Crippen molar-refractivity contribution in [2.75, 3.05) is 19.7 Å². The van der Waals surface area contributed by atoms with Gasteiger partial charge in [-0.15, -0.1) is 0 Å². The number of aromatic hydroxyl groups is 1. The number of nitrogens with zero attached hydrogens (tertiary/aromatic N) is 2. The van der Waals surface area contributed by atoms with Gasteiger partial charge in [0, 0.05) is 51.0 Å². The van der Waals surface area contributed by atoms with Crippen LogP contribution in [-0.4, -0.2) is 215 Å². The largest absolute Gasteiger partial charge is 0.508 e. The van der Waals surface area contributed by atoms with Crippen molar-refractivity contribution in [2.45, 2.75) is 179 Å². The number of aliphatic hydroxyl groups is 2. The minimum atomic E-state index is -1.83. The molecule has 91 heavy (non-hydrogen) atoms. The molecule has 0 bridgehead atoms. The molecule has 3 rings (SSSR count). The minimum Gasteiger partial charge on any atom is -0.508 e. The zero-order chi connectivity index (χ0) is 68.4. The van der Waals surface area contributed by atoms with Crippen molar-refractivity contribution in [1.82, 2.24) is 68.0 Å². The Labute approximate surface area is 522 Å². The van der Waals surface area contributed by atoms with Crippen LogP contribution >= 0.6 is 0 Å². The second-order valence-corrected chi connectivity index (χ2v) is 22.4. The topological polar surface area (TPSA) is 535 Å². The molecule has 18 N–H and O–H groups in total. The van der Waals surface area contributed by atoms with Gasteiger partial charge in [0.2, 0.25) is 70.8 Å². The molecule has 1 fully saturated rings. The molecule has 34 nitrogen and oxygen atoms in total. The number of rotatable bonds is 38. The van der Waals surface area contributed by atoms with Gasteiger partial charge >= 0.3 is 11.9 Å². The van der Waals surface area contributed by atoms with Crippen LogP contribution in [0.25, 0.3) is 0 Å². The molecular weight excluding hydrogens is 1200 g/mol. The second-order valence-electron chi connectivity index (χ2n) is 22.4. The van der Waals surface area contributed by atoms with Gasteiger partial charge in [-0.3, -0.25) is 71.9 Å². The van der Waals surface area contributed by atoms with Gasteiger partial charge in [0.1, 0.15) is 60.1 Å². The lowest BCUT2D eigenvalue weighted by atomic mass is 9.98. The molecule has 2 unspecified atom stereocenters. The van der Waals surface area contributed by atoms with Crippen LogP contribution in [0.1, 0.15) is 111 Å². The van der Waals surface area contributed by atoms with Gasteiger partial charge in [-0.25, -0.2) is 4.98 Å². The van der Waals surface area contributed by atoms with E-state index in [4.69, 9.17) is 10.8 Å². The number of likely N-dealkylation sites (tertiary alicyclic amines) is 1. The third-order valence-corrected chi connectivity index (χ3v) is 14.3. The van der Waals surface area contributed by atoms with Crippen LogP contribution in [-0.2, 0) is 84.8 Å². The van der Waals surface area contributed by atoms with E-state index in [1.807, 2.05) is 0 Å². The number of aromatic amines is 1. The zero-order valence-electron chi connectivity index (χ0n) is 51.5. The summed E-state index contributed by atoms with van der Waals surface area (Å²) in [6.07, 6.45) is -1.19. The predicted molar refractivity (Wildman–Crippen MR) is 316 cm³/mol. The van der Waals surface area contributed by atoms with Crippen molar-refractivity contribution in [3.05, 3.63) is 48.0 Å². The minimum absolute atomic E-state index is 0.0102. The highest BCUT2D eigenvalue weighted by Gasteiger charge is 2.42. The zero-order valence-corrected chi connectivity index (χ0v) is 51.5. The first-order chi connectivity index (χ1) is 42.8. The molecule has 0 aliphatic carbocycles. The van der Waals surface area contributed by atoms with Gasteiger partial charge in [0.05, 0.1) is 31.6 Å². The van der Waals surface area contributed by atoms with Crippen LogP contribution in [0, 0.1) is 11.8 Å². The van der Waals surface area contributed by atoms with Crippen LogP contribution < -0.4 is 58.9 Å². The molecule has 1 saturated heterocycles. The summed E-state index contributed by atoms with van der Waals surface area (Å²) in [6, 6.07) is -9.44. The summed E-state index contributed by atoms with van der Waals surface area (Å²) in [5.74, 6) is -17.2. The Bertz CT molecular complexity index is 2920. The number of aromatic nitrogens is 2. The molecule has 1 aliphatic heterocycles. The predicted octanol–water partition coefficient (Wildman–Crippen LogP) is -5.34. The van der Waals surface area contributed by atoms with E-state index in [1.54, 1.807) is 34.6 Å². The summed E-state index contributed by atoms with van der Waals surface area (Å²) >= 11 is 0. The first-order valence-corrected chi connectivity index (χ1v) is 29.4. The highest BCUT2D eigenvalue weighted by atomic mass is 16.4. The lowest BCUT2D eigenvalue weighted by molar-refractivity contribution is -0.144. The van der Waals surface area contributed by atoms with Gasteiger partial charge in [-0.2, -0.15) is 0 Å². The number of carboxylic acid groups (broad SMARTS) is 2. The lowest BCUT2D eigenvalue weighted by Crippen LogP contribution is -2.61. The van der Waals surface area contributed by atoms with E-state index >= 15 is 0 Å². The van der Waals surface area contributed by atoms with Gasteiger partial charge in [-0.05, 0) is 68.6 Å². The number of phenolic OH excluding ortho intramolecular Hbond substituents is 1. The Kier molecular flexibility index (Phi) is 30.6. The Morgan fingerprint density at radius 1 is 0.637 bits per heavy atom. The smallest absolute Gasteiger partial charge is 0.303 e. The van der Waals surface area contributed by atoms with Crippen LogP contribution in [0.4, 0.5) is 0 Å². The normalized spacial score (nSPS) is 16.1. The maximum absolute atomic E-state index is 14.4. The van der Waals surface area contributed by atoms with Crippen molar-refractivity contribution >= 4 is 88.6 Å². The van der Waals surface area contributed by atoms with Crippen molar-refractivity contribution < 1.29 is 97.5 Å². The Morgan fingerprint density at radius 3 is 1.67 bits per heavy atom. The van der Waals surface area contributed by atoms with Crippen LogP contribution in [0.5, 0.6) is 5.75 Å². The number of carboxylic acids is 2. The third kappa shape index (κ3) is 24.7. The molecule has 12 amide bonds. The molecule has 0 radical (unpaired) electrons. The molecule has 1 aliphatic rings. The summed E-state index contributed by atoms with van der Waals surface area (Å²) in [5, 5.41) is 72.4. The Morgan fingerprint density at radius 2 is 1.15 bits per heavy atom. The average molecular weight is 1290 g/mol. The number of primary amides is 1. The van der Waals surface area contributed by atoms with Crippen LogP contribution in [0.3, 0.4) is 0 Å². The SMILES string of the molecule is CCC[C@H](NC(=O)C1CCCN1C(=O)[C@@H](NC(=O)[C@@H](NC(=O)[C@H](CCC(=O)O)NC(=O)[C@H](CCC(=O)O)NC(C)=O)C(C)C)C(C)C)C(=O)C(=O)NCC(=O)N[C@H](C(=O)N[C@@H](Cc1cnc[nH]1)C(=O)N[C@@H](Cc1ccc(O)cc1)C(=O)N[C@@H](CO)C(N)=O)C(C)O. The highest BCUT2D eigenvalue weighted by molar-refractivity contribution is 6.38. The number of amides is 12. The van der Waals surface area contributed by atoms with E-state index in [2.05, 4.69) is 63.1 Å². The van der Waals surface area contributed by atoms with Crippen molar-refractivity contribution in [2.24, 2.45) is 17.6 Å². The molecule has 34 heteroatoms. The van der Waals surface area contributed by atoms with Crippen LogP contribution in [0.2, 0.25) is 0 Å². The molecule has 2 aromatic rings. The van der Waals surface area contributed by atoms with E-state index in [0.29, 0.717) is 11.3 Å². The van der Waals surface area contributed by atoms with Crippen LogP contribution in [0.15, 0.2) is 36.8 Å². The molecule has 1 aromatic heterocycles. The second kappa shape index (κ2) is 36.8. The van der Waals surface area contributed by atoms with Gasteiger partial charge in [-0.1, -0.05) is 53.2 Å². The number of aliphatic hydroxyl groups excluding tert-OH is 2. The summed E-state index contributed by atoms with van der Waals surface area (Å²) < 4.78 is 0. The molecule has 502 valence electrons. The number of hydrogen-bond donors (Lipinski definition) is 17. The fourth-order valence-electron chi connectivity index (χ4n) is 9.39.